The highest BCUT2D eigenvalue weighted by molar-refractivity contribution is 5.08. The predicted molar refractivity (Wildman–Crippen MR) is 89.6 cm³/mol. The van der Waals surface area contributed by atoms with E-state index in [1.54, 1.807) is 0 Å². The molecule has 116 valence electrons. The van der Waals surface area contributed by atoms with Crippen molar-refractivity contribution in [1.82, 2.24) is 9.97 Å². The minimum absolute atomic E-state index is 0.844. The van der Waals surface area contributed by atoms with Crippen LogP contribution in [0.15, 0.2) is 36.4 Å². The molecule has 0 unspecified atom stereocenters. The van der Waals surface area contributed by atoms with Crippen molar-refractivity contribution >= 4 is 0 Å². The molecule has 0 radical (unpaired) electrons. The van der Waals surface area contributed by atoms with Crippen molar-refractivity contribution in [1.29, 1.82) is 0 Å². The van der Waals surface area contributed by atoms with Crippen LogP contribution < -0.4 is 0 Å². The van der Waals surface area contributed by atoms with Gasteiger partial charge in [0.1, 0.15) is 0 Å². The van der Waals surface area contributed by atoms with Gasteiger partial charge in [-0.3, -0.25) is 9.97 Å². The Bertz CT molecular complexity index is 418. The summed E-state index contributed by atoms with van der Waals surface area (Å²) in [6.45, 7) is 13.6. The lowest BCUT2D eigenvalue weighted by molar-refractivity contribution is 0.162. The second-order valence-electron chi connectivity index (χ2n) is 4.62. The van der Waals surface area contributed by atoms with Crippen molar-refractivity contribution in [3.8, 4) is 0 Å². The van der Waals surface area contributed by atoms with Crippen LogP contribution >= 0.6 is 0 Å². The second kappa shape index (κ2) is 12.0. The molecule has 3 heteroatoms. The van der Waals surface area contributed by atoms with Crippen LogP contribution in [-0.4, -0.2) is 23.2 Å². The maximum Gasteiger partial charge on any atom is 0.0437 e. The molecule has 2 rings (SSSR count). The smallest absolute Gasteiger partial charge is 0.0437 e. The summed E-state index contributed by atoms with van der Waals surface area (Å²) in [5.74, 6) is 0. The van der Waals surface area contributed by atoms with E-state index >= 15 is 0 Å². The van der Waals surface area contributed by atoms with Crippen molar-refractivity contribution in [2.75, 3.05) is 13.2 Å². The molecule has 2 aromatic rings. The Morgan fingerprint density at radius 1 is 0.667 bits per heavy atom. The van der Waals surface area contributed by atoms with Gasteiger partial charge in [0.15, 0.2) is 0 Å². The van der Waals surface area contributed by atoms with E-state index in [1.165, 1.54) is 0 Å². The van der Waals surface area contributed by atoms with Gasteiger partial charge in [0.2, 0.25) is 0 Å². The molecule has 3 nitrogen and oxygen atoms in total. The van der Waals surface area contributed by atoms with Crippen LogP contribution in [0.4, 0.5) is 0 Å². The molecule has 21 heavy (non-hydrogen) atoms. The third-order valence-corrected chi connectivity index (χ3v) is 2.46. The molecule has 0 spiro atoms. The van der Waals surface area contributed by atoms with Gasteiger partial charge in [0.25, 0.3) is 0 Å². The molecule has 2 heterocycles. The normalized spacial score (nSPS) is 9.05. The fraction of sp³-hybridized carbons (Fsp3) is 0.444. The quantitative estimate of drug-likeness (QED) is 0.819. The predicted octanol–water partition coefficient (Wildman–Crippen LogP) is 4.44. The molecule has 0 aliphatic carbocycles. The molecular weight excluding hydrogens is 260 g/mol. The van der Waals surface area contributed by atoms with Crippen LogP contribution in [0, 0.1) is 27.7 Å². The van der Waals surface area contributed by atoms with Crippen LogP contribution in [0.25, 0.3) is 0 Å². The number of hydrogen-bond donors (Lipinski definition) is 0. The number of nitrogens with zero attached hydrogens (tertiary/aromatic N) is 2. The Morgan fingerprint density at radius 2 is 0.952 bits per heavy atom. The lowest BCUT2D eigenvalue weighted by atomic mass is 10.3. The molecule has 0 aliphatic rings. The monoisotopic (exact) mass is 288 g/mol. The van der Waals surface area contributed by atoms with Crippen molar-refractivity contribution in [3.63, 3.8) is 0 Å². The summed E-state index contributed by atoms with van der Waals surface area (Å²) in [5, 5.41) is 0. The third kappa shape index (κ3) is 11.8. The Morgan fingerprint density at radius 3 is 1.05 bits per heavy atom. The molecule has 0 saturated heterocycles. The maximum absolute atomic E-state index is 4.83. The van der Waals surface area contributed by atoms with Gasteiger partial charge >= 0.3 is 0 Å². The van der Waals surface area contributed by atoms with Gasteiger partial charge in [-0.2, -0.15) is 0 Å². The van der Waals surface area contributed by atoms with E-state index in [2.05, 4.69) is 9.97 Å². The standard InChI is InChI=1S/2C7H9N.C4H10O/c2*1-6-4-3-5-7(2)8-6;1-3-5-4-2/h2*3-5H,1-2H3;3-4H2,1-2H3. The Labute approximate surface area is 129 Å². The minimum atomic E-state index is 0.844. The molecule has 0 aromatic carbocycles. The molecule has 0 N–H and O–H groups in total. The highest BCUT2D eigenvalue weighted by Gasteiger charge is 1.82. The summed E-state index contributed by atoms with van der Waals surface area (Å²) >= 11 is 0. The molecule has 0 bridgehead atoms. The summed E-state index contributed by atoms with van der Waals surface area (Å²) in [7, 11) is 0. The van der Waals surface area contributed by atoms with E-state index in [1.807, 2.05) is 77.9 Å². The average molecular weight is 288 g/mol. The zero-order valence-corrected chi connectivity index (χ0v) is 14.2. The molecule has 2 aromatic heterocycles. The topological polar surface area (TPSA) is 35.0 Å². The van der Waals surface area contributed by atoms with Gasteiger partial charge in [-0.1, -0.05) is 12.1 Å². The Kier molecular flexibility index (Phi) is 11.0. The maximum atomic E-state index is 4.83. The molecule has 0 fully saturated rings. The van der Waals surface area contributed by atoms with Crippen LogP contribution in [0.3, 0.4) is 0 Å². The molecule has 0 amide bonds. The van der Waals surface area contributed by atoms with Gasteiger partial charge in [0.05, 0.1) is 0 Å². The lowest BCUT2D eigenvalue weighted by Gasteiger charge is -1.90. The second-order valence-corrected chi connectivity index (χ2v) is 4.62. The summed E-state index contributed by atoms with van der Waals surface area (Å²) in [6, 6.07) is 12.0. The van der Waals surface area contributed by atoms with E-state index in [0.717, 1.165) is 36.0 Å². The van der Waals surface area contributed by atoms with Crippen LogP contribution in [0.5, 0.6) is 0 Å². The molecule has 0 atom stereocenters. The van der Waals surface area contributed by atoms with Gasteiger partial charge < -0.3 is 4.74 Å². The van der Waals surface area contributed by atoms with Crippen molar-refractivity contribution in [2.24, 2.45) is 0 Å². The number of ether oxygens (including phenoxy) is 1. The van der Waals surface area contributed by atoms with Crippen molar-refractivity contribution in [2.45, 2.75) is 41.5 Å². The summed E-state index contributed by atoms with van der Waals surface area (Å²) in [6.07, 6.45) is 0. The van der Waals surface area contributed by atoms with Gasteiger partial charge in [-0.05, 0) is 65.8 Å². The Hall–Kier alpha value is -1.74. The van der Waals surface area contributed by atoms with Crippen LogP contribution in [0.1, 0.15) is 36.6 Å². The number of aromatic nitrogens is 2. The zero-order chi connectivity index (χ0) is 16.1. The summed E-state index contributed by atoms with van der Waals surface area (Å²) < 4.78 is 4.83. The first-order chi connectivity index (χ1) is 9.99. The largest absolute Gasteiger partial charge is 0.382 e. The first-order valence-electron chi connectivity index (χ1n) is 7.37. The number of hydrogen-bond acceptors (Lipinski definition) is 3. The number of rotatable bonds is 2. The molecule has 0 aliphatic heterocycles. The van der Waals surface area contributed by atoms with E-state index in [4.69, 9.17) is 4.74 Å². The number of pyridine rings is 2. The fourth-order valence-corrected chi connectivity index (χ4v) is 1.56. The zero-order valence-electron chi connectivity index (χ0n) is 14.2. The van der Waals surface area contributed by atoms with Gasteiger partial charge in [-0.25, -0.2) is 0 Å². The minimum Gasteiger partial charge on any atom is -0.382 e. The van der Waals surface area contributed by atoms with Crippen molar-refractivity contribution in [3.05, 3.63) is 59.2 Å². The summed E-state index contributed by atoms with van der Waals surface area (Å²) in [4.78, 5) is 8.35. The van der Waals surface area contributed by atoms with Gasteiger partial charge in [-0.15, -0.1) is 0 Å². The highest BCUT2D eigenvalue weighted by atomic mass is 16.5. The van der Waals surface area contributed by atoms with E-state index in [-0.39, 0.29) is 0 Å². The van der Waals surface area contributed by atoms with Crippen LogP contribution in [0.2, 0.25) is 0 Å². The van der Waals surface area contributed by atoms with E-state index < -0.39 is 0 Å². The third-order valence-electron chi connectivity index (χ3n) is 2.46. The van der Waals surface area contributed by atoms with Gasteiger partial charge in [0, 0.05) is 36.0 Å². The summed E-state index contributed by atoms with van der Waals surface area (Å²) in [5.41, 5.74) is 4.35. The first kappa shape index (κ1) is 19.3. The lowest BCUT2D eigenvalue weighted by Crippen LogP contribution is -1.84. The SMILES string of the molecule is CCOCC.Cc1cccc(C)n1.Cc1cccc(C)n1. The number of aryl methyl sites for hydroxylation is 4. The molecular formula is C18H28N2O. The fourth-order valence-electron chi connectivity index (χ4n) is 1.56. The van der Waals surface area contributed by atoms with E-state index in [0.29, 0.717) is 0 Å². The van der Waals surface area contributed by atoms with E-state index in [9.17, 15) is 0 Å². The van der Waals surface area contributed by atoms with Crippen molar-refractivity contribution < 1.29 is 4.74 Å². The Balaban J connectivity index is 0.000000296. The highest BCUT2D eigenvalue weighted by Crippen LogP contribution is 1.94. The molecule has 0 saturated carbocycles. The first-order valence-corrected chi connectivity index (χ1v) is 7.37. The van der Waals surface area contributed by atoms with Crippen LogP contribution in [-0.2, 0) is 4.74 Å². The average Bonchev–Trinajstić information content (AvgIpc) is 2.40.